The maximum absolute atomic E-state index is 12.6. The molecule has 0 aromatic heterocycles. The summed E-state index contributed by atoms with van der Waals surface area (Å²) in [6.45, 7) is 7.33. The standard InChI is InChI=1S/C21H30BNO7/c1-5-14(6-2)20(25)27-13-28-21(26)16-11-9-10-15-12-17(23-18(24)7-3)22(29-8-4)30-19(15)16/h9-11,14,17H,5-8,12-13H2,1-4H3,(H,23,24)/t17-/m0/s1. The maximum Gasteiger partial charge on any atom is 0.549 e. The van der Waals surface area contributed by atoms with Crippen LogP contribution in [-0.4, -0.2) is 44.3 Å². The van der Waals surface area contributed by atoms with Gasteiger partial charge in [-0.05, 0) is 37.8 Å². The average molecular weight is 419 g/mol. The number of amides is 1. The van der Waals surface area contributed by atoms with Gasteiger partial charge in [0.15, 0.2) is 0 Å². The summed E-state index contributed by atoms with van der Waals surface area (Å²) in [4.78, 5) is 36.3. The number of benzene rings is 1. The zero-order valence-electron chi connectivity index (χ0n) is 18.1. The van der Waals surface area contributed by atoms with E-state index in [9.17, 15) is 14.4 Å². The smallest absolute Gasteiger partial charge is 0.534 e. The molecule has 0 radical (unpaired) electrons. The van der Waals surface area contributed by atoms with E-state index in [-0.39, 0.29) is 29.3 Å². The zero-order valence-corrected chi connectivity index (χ0v) is 18.1. The highest BCUT2D eigenvalue weighted by Crippen LogP contribution is 2.31. The highest BCUT2D eigenvalue weighted by Gasteiger charge is 2.40. The van der Waals surface area contributed by atoms with Crippen molar-refractivity contribution in [2.75, 3.05) is 13.4 Å². The lowest BCUT2D eigenvalue weighted by Gasteiger charge is -2.31. The van der Waals surface area contributed by atoms with Gasteiger partial charge in [0.1, 0.15) is 11.3 Å². The molecule has 30 heavy (non-hydrogen) atoms. The van der Waals surface area contributed by atoms with Crippen molar-refractivity contribution in [1.29, 1.82) is 0 Å². The first-order chi connectivity index (χ1) is 14.4. The van der Waals surface area contributed by atoms with Crippen molar-refractivity contribution >= 4 is 25.0 Å². The molecule has 9 heteroatoms. The highest BCUT2D eigenvalue weighted by molar-refractivity contribution is 6.48. The Bertz CT molecular complexity index is 751. The molecule has 1 aromatic carbocycles. The van der Waals surface area contributed by atoms with Crippen LogP contribution >= 0.6 is 0 Å². The van der Waals surface area contributed by atoms with Crippen molar-refractivity contribution in [1.82, 2.24) is 5.32 Å². The molecular formula is C21H30BNO7. The predicted molar refractivity (Wildman–Crippen MR) is 111 cm³/mol. The fourth-order valence-corrected chi connectivity index (χ4v) is 3.28. The van der Waals surface area contributed by atoms with Crippen molar-refractivity contribution in [3.05, 3.63) is 29.3 Å². The van der Waals surface area contributed by atoms with Crippen LogP contribution in [0.2, 0.25) is 0 Å². The summed E-state index contributed by atoms with van der Waals surface area (Å²) in [7, 11) is -0.723. The van der Waals surface area contributed by atoms with E-state index in [4.69, 9.17) is 18.8 Å². The number of esters is 2. The maximum atomic E-state index is 12.6. The van der Waals surface area contributed by atoms with Gasteiger partial charge in [-0.15, -0.1) is 0 Å². The summed E-state index contributed by atoms with van der Waals surface area (Å²) in [5, 5.41) is 2.90. The van der Waals surface area contributed by atoms with Gasteiger partial charge in [0.2, 0.25) is 12.7 Å². The fraction of sp³-hybridized carbons (Fsp3) is 0.571. The van der Waals surface area contributed by atoms with Crippen LogP contribution in [0.1, 0.15) is 62.9 Å². The minimum Gasteiger partial charge on any atom is -0.534 e. The minimum atomic E-state index is -0.723. The number of rotatable bonds is 10. The van der Waals surface area contributed by atoms with Crippen LogP contribution in [0.4, 0.5) is 0 Å². The van der Waals surface area contributed by atoms with Gasteiger partial charge in [-0.2, -0.15) is 0 Å². The summed E-state index contributed by atoms with van der Waals surface area (Å²) in [5.74, 6) is -1.36. The van der Waals surface area contributed by atoms with Gasteiger partial charge in [0.05, 0.1) is 11.9 Å². The SMILES string of the molecule is CCOB1Oc2c(cccc2C(=O)OCOC(=O)C(CC)CC)C[C@@H]1NC(=O)CC. The van der Waals surface area contributed by atoms with Crippen LogP contribution in [-0.2, 0) is 30.1 Å². The third-order valence-electron chi connectivity index (χ3n) is 5.03. The Kier molecular flexibility index (Phi) is 9.17. The molecule has 2 rings (SSSR count). The van der Waals surface area contributed by atoms with Crippen LogP contribution in [0.15, 0.2) is 18.2 Å². The van der Waals surface area contributed by atoms with Crippen molar-refractivity contribution in [3.8, 4) is 5.75 Å². The number of hydrogen-bond donors (Lipinski definition) is 1. The van der Waals surface area contributed by atoms with E-state index in [1.807, 2.05) is 26.8 Å². The van der Waals surface area contributed by atoms with E-state index in [0.29, 0.717) is 38.0 Å². The molecule has 0 aliphatic carbocycles. The van der Waals surface area contributed by atoms with Crippen LogP contribution in [0, 0.1) is 5.92 Å². The van der Waals surface area contributed by atoms with E-state index in [1.165, 1.54) is 0 Å². The lowest BCUT2D eigenvalue weighted by Crippen LogP contribution is -2.54. The molecule has 0 fully saturated rings. The van der Waals surface area contributed by atoms with E-state index in [2.05, 4.69) is 5.32 Å². The Balaban J connectivity index is 2.09. The van der Waals surface area contributed by atoms with Crippen molar-refractivity contribution in [2.24, 2.45) is 5.92 Å². The minimum absolute atomic E-state index is 0.105. The molecule has 0 unspecified atom stereocenters. The second-order valence-electron chi connectivity index (χ2n) is 6.99. The number of fused-ring (bicyclic) bond motifs is 1. The molecule has 0 saturated carbocycles. The lowest BCUT2D eigenvalue weighted by molar-refractivity contribution is -0.157. The van der Waals surface area contributed by atoms with Crippen molar-refractivity contribution < 1.29 is 33.2 Å². The Hall–Kier alpha value is -2.55. The molecule has 0 saturated heterocycles. The van der Waals surface area contributed by atoms with Crippen LogP contribution < -0.4 is 9.97 Å². The summed E-state index contributed by atoms with van der Waals surface area (Å²) in [6, 6.07) is 5.12. The first-order valence-electron chi connectivity index (χ1n) is 10.5. The monoisotopic (exact) mass is 419 g/mol. The predicted octanol–water partition coefficient (Wildman–Crippen LogP) is 2.67. The van der Waals surface area contributed by atoms with Gasteiger partial charge < -0.3 is 24.1 Å². The summed E-state index contributed by atoms with van der Waals surface area (Å²) in [5.41, 5.74) is 0.979. The average Bonchev–Trinajstić information content (AvgIpc) is 2.74. The Labute approximate surface area is 177 Å². The Morgan fingerprint density at radius 3 is 2.53 bits per heavy atom. The first-order valence-corrected chi connectivity index (χ1v) is 10.5. The Morgan fingerprint density at radius 2 is 1.90 bits per heavy atom. The number of ether oxygens (including phenoxy) is 2. The van der Waals surface area contributed by atoms with Crippen LogP contribution in [0.25, 0.3) is 0 Å². The molecule has 1 aliphatic heterocycles. The van der Waals surface area contributed by atoms with Gasteiger partial charge in [0.25, 0.3) is 0 Å². The van der Waals surface area contributed by atoms with E-state index in [0.717, 1.165) is 5.56 Å². The van der Waals surface area contributed by atoms with Crippen molar-refractivity contribution in [2.45, 2.75) is 59.3 Å². The molecular weight excluding hydrogens is 389 g/mol. The zero-order chi connectivity index (χ0) is 22.1. The summed E-state index contributed by atoms with van der Waals surface area (Å²) < 4.78 is 21.8. The molecule has 0 spiro atoms. The molecule has 1 aromatic rings. The summed E-state index contributed by atoms with van der Waals surface area (Å²) in [6.07, 6.45) is 2.14. The van der Waals surface area contributed by atoms with Crippen LogP contribution in [0.3, 0.4) is 0 Å². The molecule has 1 amide bonds. The van der Waals surface area contributed by atoms with Gasteiger partial charge in [-0.1, -0.05) is 32.9 Å². The van der Waals surface area contributed by atoms with E-state index < -0.39 is 19.9 Å². The fourth-order valence-electron chi connectivity index (χ4n) is 3.28. The molecule has 1 aliphatic rings. The third-order valence-corrected chi connectivity index (χ3v) is 5.03. The second kappa shape index (κ2) is 11.6. The largest absolute Gasteiger partial charge is 0.549 e. The highest BCUT2D eigenvalue weighted by atomic mass is 16.7. The molecule has 0 bridgehead atoms. The van der Waals surface area contributed by atoms with E-state index in [1.54, 1.807) is 19.1 Å². The molecule has 1 atom stereocenters. The number of nitrogens with one attached hydrogen (secondary N) is 1. The Morgan fingerprint density at radius 1 is 1.17 bits per heavy atom. The molecule has 1 N–H and O–H groups in total. The molecule has 8 nitrogen and oxygen atoms in total. The van der Waals surface area contributed by atoms with E-state index >= 15 is 0 Å². The quantitative estimate of drug-likeness (QED) is 0.354. The van der Waals surface area contributed by atoms with Crippen LogP contribution in [0.5, 0.6) is 5.75 Å². The first kappa shape index (κ1) is 23.7. The van der Waals surface area contributed by atoms with Gasteiger partial charge in [-0.25, -0.2) is 4.79 Å². The number of carbonyl (C=O) groups excluding carboxylic acids is 3. The van der Waals surface area contributed by atoms with Gasteiger partial charge in [-0.3, -0.25) is 9.59 Å². The summed E-state index contributed by atoms with van der Waals surface area (Å²) >= 11 is 0. The normalized spacial score (nSPS) is 15.2. The lowest BCUT2D eigenvalue weighted by atomic mass is 9.71. The second-order valence-corrected chi connectivity index (χ2v) is 6.99. The van der Waals surface area contributed by atoms with Gasteiger partial charge >= 0.3 is 19.1 Å². The number of hydrogen-bond acceptors (Lipinski definition) is 7. The number of para-hydroxylation sites is 1. The topological polar surface area (TPSA) is 100 Å². The molecule has 1 heterocycles. The third kappa shape index (κ3) is 5.98. The van der Waals surface area contributed by atoms with Gasteiger partial charge in [0, 0.05) is 13.0 Å². The number of carbonyl (C=O) groups is 3. The molecule has 164 valence electrons. The van der Waals surface area contributed by atoms with Crippen molar-refractivity contribution in [3.63, 3.8) is 0 Å².